The van der Waals surface area contributed by atoms with Crippen molar-refractivity contribution in [1.29, 1.82) is 0 Å². The van der Waals surface area contributed by atoms with Crippen molar-refractivity contribution in [2.75, 3.05) is 20.3 Å². The molecule has 17 heavy (non-hydrogen) atoms. The van der Waals surface area contributed by atoms with Crippen molar-refractivity contribution in [3.8, 4) is 0 Å². The number of rotatable bonds is 6. The lowest BCUT2D eigenvalue weighted by molar-refractivity contribution is 0.204. The van der Waals surface area contributed by atoms with Crippen LogP contribution < -0.4 is 4.72 Å². The highest BCUT2D eigenvalue weighted by molar-refractivity contribution is 7.89. The smallest absolute Gasteiger partial charge is 0.240 e. The molecule has 0 unspecified atom stereocenters. The number of halogens is 1. The molecule has 0 radical (unpaired) electrons. The summed E-state index contributed by atoms with van der Waals surface area (Å²) in [6.45, 7) is -0.175. The molecule has 0 fully saturated rings. The van der Waals surface area contributed by atoms with Crippen LogP contribution in [-0.2, 0) is 21.4 Å². The minimum atomic E-state index is -3.69. The molecule has 0 aliphatic heterocycles. The van der Waals surface area contributed by atoms with Gasteiger partial charge in [0, 0.05) is 19.2 Å². The Morgan fingerprint density at radius 3 is 2.76 bits per heavy atom. The van der Waals surface area contributed by atoms with Gasteiger partial charge in [-0.1, -0.05) is 0 Å². The van der Waals surface area contributed by atoms with Crippen molar-refractivity contribution >= 4 is 10.0 Å². The first-order valence-corrected chi connectivity index (χ1v) is 6.37. The van der Waals surface area contributed by atoms with Crippen LogP contribution in [0.2, 0.25) is 0 Å². The Hall–Kier alpha value is -1.02. The third kappa shape index (κ3) is 3.74. The first-order valence-electron chi connectivity index (χ1n) is 4.89. The van der Waals surface area contributed by atoms with Gasteiger partial charge in [0.1, 0.15) is 5.82 Å². The normalized spacial score (nSPS) is 11.7. The molecule has 0 aromatic heterocycles. The number of hydrogen-bond donors (Lipinski definition) is 2. The van der Waals surface area contributed by atoms with Crippen molar-refractivity contribution in [1.82, 2.24) is 4.72 Å². The number of hydrogen-bond acceptors (Lipinski definition) is 4. The average molecular weight is 263 g/mol. The third-order valence-electron chi connectivity index (χ3n) is 2.10. The van der Waals surface area contributed by atoms with Gasteiger partial charge in [-0.05, 0) is 18.2 Å². The molecule has 0 atom stereocenters. The minimum Gasteiger partial charge on any atom is -0.392 e. The fourth-order valence-electron chi connectivity index (χ4n) is 1.20. The van der Waals surface area contributed by atoms with Crippen LogP contribution in [-0.4, -0.2) is 33.8 Å². The van der Waals surface area contributed by atoms with Crippen LogP contribution in [0.1, 0.15) is 5.56 Å². The maximum Gasteiger partial charge on any atom is 0.240 e. The molecule has 1 aromatic rings. The molecular formula is C10H14FNO4S. The highest BCUT2D eigenvalue weighted by Gasteiger charge is 2.15. The van der Waals surface area contributed by atoms with Crippen LogP contribution in [0.3, 0.4) is 0 Å². The third-order valence-corrected chi connectivity index (χ3v) is 3.55. The fraction of sp³-hybridized carbons (Fsp3) is 0.400. The van der Waals surface area contributed by atoms with Crippen LogP contribution >= 0.6 is 0 Å². The fourth-order valence-corrected chi connectivity index (χ4v) is 2.26. The lowest BCUT2D eigenvalue weighted by Crippen LogP contribution is -2.27. The van der Waals surface area contributed by atoms with Gasteiger partial charge >= 0.3 is 0 Å². The van der Waals surface area contributed by atoms with Crippen LogP contribution in [0.15, 0.2) is 23.1 Å². The quantitative estimate of drug-likeness (QED) is 0.721. The highest BCUT2D eigenvalue weighted by Crippen LogP contribution is 2.14. The summed E-state index contributed by atoms with van der Waals surface area (Å²) in [6.07, 6.45) is 0. The van der Waals surface area contributed by atoms with E-state index in [0.29, 0.717) is 0 Å². The number of methoxy groups -OCH3 is 1. The number of aliphatic hydroxyl groups excluding tert-OH is 1. The molecule has 0 saturated heterocycles. The first kappa shape index (κ1) is 14.0. The van der Waals surface area contributed by atoms with E-state index in [-0.39, 0.29) is 23.6 Å². The number of benzene rings is 1. The monoisotopic (exact) mass is 263 g/mol. The maximum absolute atomic E-state index is 13.1. The lowest BCUT2D eigenvalue weighted by atomic mass is 10.2. The summed E-state index contributed by atoms with van der Waals surface area (Å²) < 4.78 is 43.5. The summed E-state index contributed by atoms with van der Waals surface area (Å²) in [5.41, 5.74) is -0.0559. The van der Waals surface area contributed by atoms with E-state index < -0.39 is 22.4 Å². The number of ether oxygens (including phenoxy) is 1. The second-order valence-corrected chi connectivity index (χ2v) is 5.07. The molecule has 0 aliphatic rings. The van der Waals surface area contributed by atoms with Crippen molar-refractivity contribution in [3.05, 3.63) is 29.6 Å². The summed E-state index contributed by atoms with van der Waals surface area (Å²) in [5.74, 6) is -0.636. The van der Waals surface area contributed by atoms with E-state index >= 15 is 0 Å². The Kier molecular flexibility index (Phi) is 5.01. The zero-order valence-electron chi connectivity index (χ0n) is 9.31. The van der Waals surface area contributed by atoms with Gasteiger partial charge in [0.2, 0.25) is 10.0 Å². The molecule has 5 nitrogen and oxygen atoms in total. The molecule has 0 aliphatic carbocycles. The van der Waals surface area contributed by atoms with E-state index in [4.69, 9.17) is 9.84 Å². The summed E-state index contributed by atoms with van der Waals surface area (Å²) in [7, 11) is -2.24. The van der Waals surface area contributed by atoms with E-state index in [1.165, 1.54) is 7.11 Å². The summed E-state index contributed by atoms with van der Waals surface area (Å²) in [6, 6.07) is 3.25. The number of nitrogens with one attached hydrogen (secondary N) is 1. The molecule has 0 heterocycles. The van der Waals surface area contributed by atoms with Gasteiger partial charge in [-0.15, -0.1) is 0 Å². The van der Waals surface area contributed by atoms with Crippen molar-refractivity contribution in [3.63, 3.8) is 0 Å². The van der Waals surface area contributed by atoms with Crippen LogP contribution in [0.5, 0.6) is 0 Å². The largest absolute Gasteiger partial charge is 0.392 e. The standard InChI is InChI=1S/C10H14FNO4S/c1-16-5-4-12-17(14,15)9-2-3-10(11)8(6-9)7-13/h2-3,6,12-13H,4-5,7H2,1H3. The Balaban J connectivity index is 2.91. The number of sulfonamides is 1. The van der Waals surface area contributed by atoms with Gasteiger partial charge in [-0.25, -0.2) is 17.5 Å². The molecule has 2 N–H and O–H groups in total. The predicted molar refractivity (Wildman–Crippen MR) is 59.4 cm³/mol. The SMILES string of the molecule is COCCNS(=O)(=O)c1ccc(F)c(CO)c1. The Labute approximate surface area is 99.3 Å². The van der Waals surface area contributed by atoms with E-state index in [0.717, 1.165) is 18.2 Å². The summed E-state index contributed by atoms with van der Waals surface area (Å²) >= 11 is 0. The van der Waals surface area contributed by atoms with Gasteiger partial charge in [-0.2, -0.15) is 0 Å². The van der Waals surface area contributed by atoms with E-state index in [1.54, 1.807) is 0 Å². The Morgan fingerprint density at radius 1 is 1.47 bits per heavy atom. The molecule has 1 aromatic carbocycles. The molecule has 0 saturated carbocycles. The number of aliphatic hydroxyl groups is 1. The highest BCUT2D eigenvalue weighted by atomic mass is 32.2. The van der Waals surface area contributed by atoms with E-state index in [1.807, 2.05) is 0 Å². The summed E-state index contributed by atoms with van der Waals surface area (Å²) in [4.78, 5) is -0.0842. The van der Waals surface area contributed by atoms with Gasteiger partial charge < -0.3 is 9.84 Å². The lowest BCUT2D eigenvalue weighted by Gasteiger charge is -2.07. The molecule has 96 valence electrons. The topological polar surface area (TPSA) is 75.6 Å². The Bertz CT molecular complexity index is 475. The predicted octanol–water partition coefficient (Wildman–Crippen LogP) is 0.243. The van der Waals surface area contributed by atoms with Gasteiger partial charge in [0.25, 0.3) is 0 Å². The van der Waals surface area contributed by atoms with Gasteiger partial charge in [-0.3, -0.25) is 0 Å². The molecule has 0 bridgehead atoms. The molecule has 1 rings (SSSR count). The Morgan fingerprint density at radius 2 is 2.18 bits per heavy atom. The molecule has 0 amide bonds. The van der Waals surface area contributed by atoms with Crippen molar-refractivity contribution < 1.29 is 22.7 Å². The second kappa shape index (κ2) is 6.06. The molecule has 0 spiro atoms. The molecule has 7 heteroatoms. The van der Waals surface area contributed by atoms with E-state index in [2.05, 4.69) is 4.72 Å². The first-order chi connectivity index (χ1) is 8.01. The van der Waals surface area contributed by atoms with Crippen LogP contribution in [0.4, 0.5) is 4.39 Å². The average Bonchev–Trinajstić information content (AvgIpc) is 2.29. The van der Waals surface area contributed by atoms with Gasteiger partial charge in [0.15, 0.2) is 0 Å². The zero-order chi connectivity index (χ0) is 12.9. The van der Waals surface area contributed by atoms with Gasteiger partial charge in [0.05, 0.1) is 18.1 Å². The maximum atomic E-state index is 13.1. The van der Waals surface area contributed by atoms with E-state index in [9.17, 15) is 12.8 Å². The second-order valence-electron chi connectivity index (χ2n) is 3.30. The van der Waals surface area contributed by atoms with Crippen molar-refractivity contribution in [2.24, 2.45) is 0 Å². The zero-order valence-corrected chi connectivity index (χ0v) is 10.1. The minimum absolute atomic E-state index is 0.0559. The van der Waals surface area contributed by atoms with Crippen LogP contribution in [0.25, 0.3) is 0 Å². The molecular weight excluding hydrogens is 249 g/mol. The van der Waals surface area contributed by atoms with Crippen molar-refractivity contribution in [2.45, 2.75) is 11.5 Å². The van der Waals surface area contributed by atoms with Crippen LogP contribution in [0, 0.1) is 5.82 Å². The summed E-state index contributed by atoms with van der Waals surface area (Å²) in [5, 5.41) is 8.85.